The second-order valence-electron chi connectivity index (χ2n) is 6.85. The predicted molar refractivity (Wildman–Crippen MR) is 105 cm³/mol. The van der Waals surface area contributed by atoms with Crippen LogP contribution in [0.2, 0.25) is 10.0 Å². The number of rotatable bonds is 2. The molecule has 0 radical (unpaired) electrons. The lowest BCUT2D eigenvalue weighted by Gasteiger charge is -2.39. The fourth-order valence-electron chi connectivity index (χ4n) is 4.20. The number of hydrogen-bond acceptors (Lipinski definition) is 3. The van der Waals surface area contributed by atoms with Crippen LogP contribution in [0.5, 0.6) is 0 Å². The molecular weight excluding hydrogens is 369 g/mol. The Morgan fingerprint density at radius 1 is 1.23 bits per heavy atom. The Labute approximate surface area is 163 Å². The number of fused-ring (bicyclic) bond motifs is 3. The molecule has 0 aromatic heterocycles. The van der Waals surface area contributed by atoms with Gasteiger partial charge in [-0.1, -0.05) is 47.5 Å². The molecule has 3 nitrogen and oxygen atoms in total. The van der Waals surface area contributed by atoms with Crippen molar-refractivity contribution in [1.82, 2.24) is 0 Å². The molecule has 3 atom stereocenters. The number of benzene rings is 2. The van der Waals surface area contributed by atoms with Crippen LogP contribution in [-0.2, 0) is 4.74 Å². The number of methoxy groups -OCH3 is 1. The maximum absolute atomic E-state index is 12.3. The van der Waals surface area contributed by atoms with Crippen molar-refractivity contribution in [3.63, 3.8) is 0 Å². The first kappa shape index (κ1) is 17.4. The first-order valence-corrected chi connectivity index (χ1v) is 9.36. The van der Waals surface area contributed by atoms with Crippen molar-refractivity contribution in [1.29, 1.82) is 0 Å². The summed E-state index contributed by atoms with van der Waals surface area (Å²) in [4.78, 5) is 12.3. The van der Waals surface area contributed by atoms with Crippen molar-refractivity contribution in [2.45, 2.75) is 25.3 Å². The van der Waals surface area contributed by atoms with Crippen LogP contribution >= 0.6 is 23.2 Å². The fraction of sp³-hybridized carbons (Fsp3) is 0.286. The van der Waals surface area contributed by atoms with Gasteiger partial charge in [0, 0.05) is 21.7 Å². The molecule has 0 spiro atoms. The zero-order valence-electron chi connectivity index (χ0n) is 14.6. The highest BCUT2D eigenvalue weighted by molar-refractivity contribution is 6.35. The number of esters is 1. The van der Waals surface area contributed by atoms with Gasteiger partial charge in [-0.25, -0.2) is 4.79 Å². The first-order valence-electron chi connectivity index (χ1n) is 8.61. The molecule has 2 aromatic carbocycles. The topological polar surface area (TPSA) is 38.3 Å². The molecule has 0 bridgehead atoms. The quantitative estimate of drug-likeness (QED) is 0.513. The van der Waals surface area contributed by atoms with E-state index in [0.29, 0.717) is 15.6 Å². The van der Waals surface area contributed by atoms with Gasteiger partial charge in [0.25, 0.3) is 0 Å². The van der Waals surface area contributed by atoms with Gasteiger partial charge < -0.3 is 10.1 Å². The summed E-state index contributed by atoms with van der Waals surface area (Å²) in [5.41, 5.74) is 4.78. The Bertz CT molecular complexity index is 922. The summed E-state index contributed by atoms with van der Waals surface area (Å²) >= 11 is 12.6. The van der Waals surface area contributed by atoms with Crippen molar-refractivity contribution < 1.29 is 9.53 Å². The largest absolute Gasteiger partial charge is 0.465 e. The van der Waals surface area contributed by atoms with Gasteiger partial charge >= 0.3 is 5.97 Å². The molecule has 0 saturated heterocycles. The van der Waals surface area contributed by atoms with E-state index < -0.39 is 0 Å². The van der Waals surface area contributed by atoms with Crippen LogP contribution in [0.15, 0.2) is 42.5 Å². The number of halogens is 2. The van der Waals surface area contributed by atoms with Crippen molar-refractivity contribution in [2.75, 3.05) is 12.4 Å². The Balaban J connectivity index is 1.87. The molecule has 2 aromatic rings. The molecule has 4 rings (SSSR count). The van der Waals surface area contributed by atoms with Crippen LogP contribution in [0.3, 0.4) is 0 Å². The van der Waals surface area contributed by atoms with Crippen LogP contribution in [0, 0.1) is 12.8 Å². The van der Waals surface area contributed by atoms with Crippen LogP contribution in [0.25, 0.3) is 0 Å². The van der Waals surface area contributed by atoms with Gasteiger partial charge in [-0.2, -0.15) is 0 Å². The fourth-order valence-corrected chi connectivity index (χ4v) is 4.73. The van der Waals surface area contributed by atoms with Gasteiger partial charge in [0.05, 0.1) is 18.7 Å². The standard InChI is InChI=1S/C21H19Cl2NO2/c1-11-6-8-16(21(25)26-2)18-13-4-3-5-14(13)20(24-19(11)18)15-9-7-12(22)10-17(15)23/h3-4,6-10,13-14,20,24H,5H2,1-2H3/t13-,14-,20+/m1/s1. The van der Waals surface area contributed by atoms with Gasteiger partial charge in [-0.3, -0.25) is 0 Å². The second kappa shape index (κ2) is 6.64. The van der Waals surface area contributed by atoms with Crippen LogP contribution in [-0.4, -0.2) is 13.1 Å². The zero-order valence-corrected chi connectivity index (χ0v) is 16.1. The summed E-state index contributed by atoms with van der Waals surface area (Å²) in [6, 6.07) is 9.51. The number of aryl methyl sites for hydroxylation is 1. The number of anilines is 1. The molecule has 0 saturated carbocycles. The molecule has 1 aliphatic carbocycles. The van der Waals surface area contributed by atoms with Crippen molar-refractivity contribution >= 4 is 34.9 Å². The number of carbonyl (C=O) groups excluding carboxylic acids is 1. The van der Waals surface area contributed by atoms with Crippen molar-refractivity contribution in [2.24, 2.45) is 5.92 Å². The van der Waals surface area contributed by atoms with E-state index >= 15 is 0 Å². The highest BCUT2D eigenvalue weighted by Crippen LogP contribution is 2.52. The predicted octanol–water partition coefficient (Wildman–Crippen LogP) is 5.91. The molecule has 5 heteroatoms. The minimum atomic E-state index is -0.301. The Morgan fingerprint density at radius 3 is 2.77 bits per heavy atom. The lowest BCUT2D eigenvalue weighted by atomic mass is 9.74. The summed E-state index contributed by atoms with van der Waals surface area (Å²) < 4.78 is 5.01. The maximum Gasteiger partial charge on any atom is 0.338 e. The third-order valence-electron chi connectivity index (χ3n) is 5.43. The van der Waals surface area contributed by atoms with E-state index in [-0.39, 0.29) is 23.8 Å². The Morgan fingerprint density at radius 2 is 2.04 bits per heavy atom. The van der Waals surface area contributed by atoms with Gasteiger partial charge in [0.1, 0.15) is 0 Å². The molecule has 1 heterocycles. The monoisotopic (exact) mass is 387 g/mol. The molecule has 134 valence electrons. The molecule has 0 unspecified atom stereocenters. The summed E-state index contributed by atoms with van der Waals surface area (Å²) in [7, 11) is 1.42. The molecule has 1 aliphatic heterocycles. The van der Waals surface area contributed by atoms with E-state index in [0.717, 1.165) is 28.8 Å². The maximum atomic E-state index is 12.3. The summed E-state index contributed by atoms with van der Waals surface area (Å²) in [5, 5.41) is 4.94. The van der Waals surface area contributed by atoms with E-state index in [1.165, 1.54) is 7.11 Å². The van der Waals surface area contributed by atoms with E-state index in [9.17, 15) is 4.79 Å². The number of carbonyl (C=O) groups is 1. The molecule has 26 heavy (non-hydrogen) atoms. The normalized spacial score (nSPS) is 23.2. The Kier molecular flexibility index (Phi) is 4.45. The highest BCUT2D eigenvalue weighted by atomic mass is 35.5. The third kappa shape index (κ3) is 2.70. The number of allylic oxidation sites excluding steroid dienone is 2. The minimum absolute atomic E-state index is 0.0545. The molecule has 0 amide bonds. The van der Waals surface area contributed by atoms with E-state index in [2.05, 4.69) is 17.5 Å². The average molecular weight is 388 g/mol. The van der Waals surface area contributed by atoms with Gasteiger partial charge in [0.2, 0.25) is 0 Å². The molecule has 1 N–H and O–H groups in total. The number of nitrogens with one attached hydrogen (secondary N) is 1. The smallest absolute Gasteiger partial charge is 0.338 e. The zero-order chi connectivity index (χ0) is 18.4. The van der Waals surface area contributed by atoms with Crippen LogP contribution < -0.4 is 5.32 Å². The molecule has 2 aliphatic rings. The van der Waals surface area contributed by atoms with E-state index in [1.807, 2.05) is 31.2 Å². The first-order chi connectivity index (χ1) is 12.5. The van der Waals surface area contributed by atoms with Crippen LogP contribution in [0.4, 0.5) is 5.69 Å². The summed E-state index contributed by atoms with van der Waals surface area (Å²) in [6.07, 6.45) is 5.31. The lowest BCUT2D eigenvalue weighted by Crippen LogP contribution is -2.31. The molecule has 0 fully saturated rings. The Hall–Kier alpha value is -1.97. The van der Waals surface area contributed by atoms with Crippen molar-refractivity contribution in [3.05, 3.63) is 74.8 Å². The summed E-state index contributed by atoms with van der Waals surface area (Å²) in [5.74, 6) is 0.133. The second-order valence-corrected chi connectivity index (χ2v) is 7.70. The number of ether oxygens (including phenoxy) is 1. The minimum Gasteiger partial charge on any atom is -0.465 e. The van der Waals surface area contributed by atoms with Gasteiger partial charge in [-0.15, -0.1) is 0 Å². The third-order valence-corrected chi connectivity index (χ3v) is 5.99. The molecular formula is C21H19Cl2NO2. The van der Waals surface area contributed by atoms with Gasteiger partial charge in [0.15, 0.2) is 0 Å². The summed E-state index contributed by atoms with van der Waals surface area (Å²) in [6.45, 7) is 2.05. The lowest BCUT2D eigenvalue weighted by molar-refractivity contribution is 0.0598. The highest BCUT2D eigenvalue weighted by Gasteiger charge is 2.41. The van der Waals surface area contributed by atoms with Gasteiger partial charge in [-0.05, 0) is 54.2 Å². The average Bonchev–Trinajstić information content (AvgIpc) is 3.11. The number of hydrogen-bond donors (Lipinski definition) is 1. The van der Waals surface area contributed by atoms with Crippen molar-refractivity contribution in [3.8, 4) is 0 Å². The van der Waals surface area contributed by atoms with Crippen LogP contribution in [0.1, 0.15) is 45.4 Å². The van der Waals surface area contributed by atoms with E-state index in [1.54, 1.807) is 6.07 Å². The van der Waals surface area contributed by atoms with E-state index in [4.69, 9.17) is 27.9 Å². The SMILES string of the molecule is COC(=O)c1ccc(C)c2c1[C@@H]1C=CC[C@H]1[C@@H](c1ccc(Cl)cc1Cl)N2.